The lowest BCUT2D eigenvalue weighted by Crippen LogP contribution is -2.44. The third-order valence-electron chi connectivity index (χ3n) is 2.23. The summed E-state index contributed by atoms with van der Waals surface area (Å²) in [6, 6.07) is 3.19. The van der Waals surface area contributed by atoms with Crippen LogP contribution < -0.4 is 4.72 Å². The van der Waals surface area contributed by atoms with Crippen LogP contribution in [0.3, 0.4) is 0 Å². The largest absolute Gasteiger partial charge is 0.244 e. The number of nitrogens with one attached hydrogen (secondary N) is 1. The molecular formula is C9H10Cl2N2O2S2. The molecule has 1 N–H and O–H groups in total. The van der Waals surface area contributed by atoms with E-state index in [9.17, 15) is 8.42 Å². The second-order valence-electron chi connectivity index (χ2n) is 3.59. The number of sulfonamides is 1. The van der Waals surface area contributed by atoms with Crippen LogP contribution in [-0.2, 0) is 10.0 Å². The Morgan fingerprint density at radius 1 is 1.59 bits per heavy atom. The average Bonchev–Trinajstić information content (AvgIpc) is 2.58. The first-order valence-corrected chi connectivity index (χ1v) is 7.70. The number of hydrogen-bond donors (Lipinski definition) is 1. The quantitative estimate of drug-likeness (QED) is 0.929. The van der Waals surface area contributed by atoms with Gasteiger partial charge in [0.25, 0.3) is 0 Å². The minimum atomic E-state index is -3.83. The molecule has 1 rings (SSSR count). The summed E-state index contributed by atoms with van der Waals surface area (Å²) < 4.78 is 26.7. The molecule has 17 heavy (non-hydrogen) atoms. The number of halogens is 2. The lowest BCUT2D eigenvalue weighted by atomic mass is 10.0. The lowest BCUT2D eigenvalue weighted by Gasteiger charge is -2.20. The van der Waals surface area contributed by atoms with Crippen molar-refractivity contribution in [2.45, 2.75) is 30.7 Å². The van der Waals surface area contributed by atoms with Gasteiger partial charge in [0, 0.05) is 0 Å². The molecule has 0 aromatic carbocycles. The minimum absolute atomic E-state index is 0.0823. The Hall–Kier alpha value is -0.320. The molecule has 0 saturated heterocycles. The van der Waals surface area contributed by atoms with Gasteiger partial charge in [-0.05, 0) is 19.4 Å². The predicted molar refractivity (Wildman–Crippen MR) is 69.0 cm³/mol. The summed E-state index contributed by atoms with van der Waals surface area (Å²) in [6.07, 6.45) is 0.345. The monoisotopic (exact) mass is 312 g/mol. The third kappa shape index (κ3) is 3.33. The maximum atomic E-state index is 12.0. The summed E-state index contributed by atoms with van der Waals surface area (Å²) in [6.45, 7) is 3.22. The fourth-order valence-electron chi connectivity index (χ4n) is 1.03. The fraction of sp³-hybridized carbons (Fsp3) is 0.444. The van der Waals surface area contributed by atoms with Gasteiger partial charge in [-0.15, -0.1) is 11.3 Å². The summed E-state index contributed by atoms with van der Waals surface area (Å²) >= 11 is 12.4. The highest BCUT2D eigenvalue weighted by atomic mass is 35.5. The van der Waals surface area contributed by atoms with Crippen LogP contribution in [-0.4, -0.2) is 14.0 Å². The van der Waals surface area contributed by atoms with Crippen LogP contribution in [0.1, 0.15) is 20.3 Å². The normalized spacial score (nSPS) is 15.2. The van der Waals surface area contributed by atoms with Crippen molar-refractivity contribution in [1.82, 2.24) is 4.72 Å². The molecule has 0 aliphatic carbocycles. The molecule has 0 aliphatic heterocycles. The number of hydrogen-bond acceptors (Lipinski definition) is 4. The van der Waals surface area contributed by atoms with Crippen molar-refractivity contribution in [2.24, 2.45) is 0 Å². The molecule has 4 nitrogen and oxygen atoms in total. The van der Waals surface area contributed by atoms with Gasteiger partial charge in [-0.3, -0.25) is 0 Å². The molecule has 1 heterocycles. The van der Waals surface area contributed by atoms with E-state index < -0.39 is 15.6 Å². The molecule has 8 heteroatoms. The summed E-state index contributed by atoms with van der Waals surface area (Å²) in [5, 5.41) is 8.94. The Morgan fingerprint density at radius 3 is 2.53 bits per heavy atom. The van der Waals surface area contributed by atoms with Crippen molar-refractivity contribution in [3.63, 3.8) is 0 Å². The minimum Gasteiger partial charge on any atom is -0.207 e. The van der Waals surface area contributed by atoms with Crippen LogP contribution in [0.4, 0.5) is 0 Å². The lowest BCUT2D eigenvalue weighted by molar-refractivity contribution is 0.495. The predicted octanol–water partition coefficient (Wildman–Crippen LogP) is 3.03. The highest BCUT2D eigenvalue weighted by Gasteiger charge is 2.31. The van der Waals surface area contributed by atoms with Crippen molar-refractivity contribution in [2.75, 3.05) is 0 Å². The van der Waals surface area contributed by atoms with Gasteiger partial charge in [-0.1, -0.05) is 30.1 Å². The van der Waals surface area contributed by atoms with E-state index in [1.54, 1.807) is 6.92 Å². The summed E-state index contributed by atoms with van der Waals surface area (Å²) in [5.74, 6) is 0. The summed E-state index contributed by atoms with van der Waals surface area (Å²) in [5.41, 5.74) is -1.16. The zero-order valence-electron chi connectivity index (χ0n) is 9.12. The molecule has 1 aromatic heterocycles. The van der Waals surface area contributed by atoms with Crippen molar-refractivity contribution >= 4 is 44.6 Å². The fourth-order valence-corrected chi connectivity index (χ4v) is 4.58. The maximum absolute atomic E-state index is 12.0. The Balaban J connectivity index is 3.15. The topological polar surface area (TPSA) is 70.0 Å². The highest BCUT2D eigenvalue weighted by molar-refractivity contribution is 7.89. The van der Waals surface area contributed by atoms with Crippen molar-refractivity contribution < 1.29 is 8.42 Å². The Labute approximate surface area is 114 Å². The maximum Gasteiger partial charge on any atom is 0.244 e. The van der Waals surface area contributed by atoms with E-state index in [-0.39, 0.29) is 13.6 Å². The third-order valence-corrected chi connectivity index (χ3v) is 5.58. The summed E-state index contributed by atoms with van der Waals surface area (Å²) in [4.78, 5) is -0.0934. The number of nitrogens with zero attached hydrogens (tertiary/aromatic N) is 1. The van der Waals surface area contributed by atoms with Gasteiger partial charge in [0.05, 0.1) is 10.4 Å². The number of nitriles is 1. The molecule has 0 bridgehead atoms. The first-order valence-electron chi connectivity index (χ1n) is 4.64. The molecular weight excluding hydrogens is 303 g/mol. The van der Waals surface area contributed by atoms with E-state index in [1.165, 1.54) is 13.0 Å². The van der Waals surface area contributed by atoms with E-state index in [1.807, 2.05) is 6.07 Å². The first kappa shape index (κ1) is 14.7. The van der Waals surface area contributed by atoms with Gasteiger partial charge >= 0.3 is 0 Å². The second-order valence-corrected chi connectivity index (χ2v) is 7.53. The standard InChI is InChI=1S/C9H10Cl2N2O2S2/c1-3-9(2,5-12)13-17(14,15)6-4-7(10)16-8(6)11/h4,13H,3H2,1-2H3. The SMILES string of the molecule is CCC(C)(C#N)NS(=O)(=O)c1cc(Cl)sc1Cl. The molecule has 0 spiro atoms. The second kappa shape index (κ2) is 5.12. The van der Waals surface area contributed by atoms with Gasteiger partial charge in [-0.25, -0.2) is 8.42 Å². The molecule has 1 atom stereocenters. The Morgan fingerprint density at radius 2 is 2.18 bits per heavy atom. The van der Waals surface area contributed by atoms with E-state index in [0.717, 1.165) is 11.3 Å². The van der Waals surface area contributed by atoms with Crippen LogP contribution >= 0.6 is 34.5 Å². The number of thiophene rings is 1. The first-order chi connectivity index (χ1) is 7.74. The van der Waals surface area contributed by atoms with E-state index >= 15 is 0 Å². The highest BCUT2D eigenvalue weighted by Crippen LogP contribution is 2.34. The molecule has 0 saturated carbocycles. The molecule has 1 unspecified atom stereocenters. The van der Waals surface area contributed by atoms with Gasteiger partial charge in [0.2, 0.25) is 10.0 Å². The van der Waals surface area contributed by atoms with E-state index in [0.29, 0.717) is 6.42 Å². The van der Waals surface area contributed by atoms with Crippen LogP contribution in [0, 0.1) is 11.3 Å². The Bertz CT molecular complexity index is 562. The number of rotatable bonds is 4. The smallest absolute Gasteiger partial charge is 0.207 e. The molecule has 0 amide bonds. The van der Waals surface area contributed by atoms with Crippen LogP contribution in [0.15, 0.2) is 11.0 Å². The van der Waals surface area contributed by atoms with Crippen LogP contribution in [0.25, 0.3) is 0 Å². The van der Waals surface area contributed by atoms with Gasteiger partial charge in [0.15, 0.2) is 0 Å². The van der Waals surface area contributed by atoms with Gasteiger partial charge in [0.1, 0.15) is 14.8 Å². The van der Waals surface area contributed by atoms with Crippen molar-refractivity contribution in [3.8, 4) is 6.07 Å². The van der Waals surface area contributed by atoms with Crippen molar-refractivity contribution in [3.05, 3.63) is 14.7 Å². The van der Waals surface area contributed by atoms with E-state index in [2.05, 4.69) is 4.72 Å². The van der Waals surface area contributed by atoms with E-state index in [4.69, 9.17) is 28.5 Å². The van der Waals surface area contributed by atoms with Gasteiger partial charge < -0.3 is 0 Å². The molecule has 0 aliphatic rings. The molecule has 1 aromatic rings. The molecule has 0 radical (unpaired) electrons. The summed E-state index contributed by atoms with van der Waals surface area (Å²) in [7, 11) is -3.83. The molecule has 0 fully saturated rings. The molecule has 94 valence electrons. The zero-order chi connectivity index (χ0) is 13.3. The van der Waals surface area contributed by atoms with Crippen LogP contribution in [0.2, 0.25) is 8.67 Å². The Kier molecular flexibility index (Phi) is 4.44. The van der Waals surface area contributed by atoms with Gasteiger partial charge in [-0.2, -0.15) is 9.98 Å². The van der Waals surface area contributed by atoms with Crippen molar-refractivity contribution in [1.29, 1.82) is 5.26 Å². The van der Waals surface area contributed by atoms with Crippen LogP contribution in [0.5, 0.6) is 0 Å². The average molecular weight is 313 g/mol. The zero-order valence-corrected chi connectivity index (χ0v) is 12.3.